The zero-order valence-corrected chi connectivity index (χ0v) is 11.9. The molecule has 1 aliphatic rings. The number of benzene rings is 1. The fraction of sp³-hybridized carbons (Fsp3) is 0.538. The molecule has 4 heteroatoms. The van der Waals surface area contributed by atoms with Crippen molar-refractivity contribution in [3.63, 3.8) is 0 Å². The summed E-state index contributed by atoms with van der Waals surface area (Å²) >= 11 is 18.1. The van der Waals surface area contributed by atoms with Gasteiger partial charge in [0.25, 0.3) is 0 Å². The first-order valence-corrected chi connectivity index (χ1v) is 7.21. The summed E-state index contributed by atoms with van der Waals surface area (Å²) in [5.74, 6) is 0. The van der Waals surface area contributed by atoms with Crippen LogP contribution in [0, 0.1) is 0 Å². The van der Waals surface area contributed by atoms with Gasteiger partial charge in [-0.25, -0.2) is 0 Å². The molecule has 0 spiro atoms. The SMILES string of the molecule is Clc1cc(Cl)c(NC2CCCCCC2)cc1Cl. The maximum atomic E-state index is 6.16. The van der Waals surface area contributed by atoms with Crippen LogP contribution in [0.25, 0.3) is 0 Å². The van der Waals surface area contributed by atoms with E-state index in [1.165, 1.54) is 38.5 Å². The Labute approximate surface area is 117 Å². The van der Waals surface area contributed by atoms with E-state index in [-0.39, 0.29) is 0 Å². The standard InChI is InChI=1S/C13H16Cl3N/c14-10-7-12(16)13(8-11(10)15)17-9-5-3-1-2-4-6-9/h7-9,17H,1-6H2. The van der Waals surface area contributed by atoms with Gasteiger partial charge >= 0.3 is 0 Å². The molecule has 0 bridgehead atoms. The minimum absolute atomic E-state index is 0.503. The molecule has 0 amide bonds. The van der Waals surface area contributed by atoms with Crippen LogP contribution in [0.2, 0.25) is 15.1 Å². The summed E-state index contributed by atoms with van der Waals surface area (Å²) in [5, 5.41) is 5.18. The third-order valence-electron chi connectivity index (χ3n) is 3.22. The van der Waals surface area contributed by atoms with Crippen molar-refractivity contribution in [2.75, 3.05) is 5.32 Å². The molecule has 0 saturated heterocycles. The molecule has 94 valence electrons. The molecular formula is C13H16Cl3N. The predicted octanol–water partition coefficient (Wildman–Crippen LogP) is 5.78. The van der Waals surface area contributed by atoms with Crippen LogP contribution in [0.5, 0.6) is 0 Å². The van der Waals surface area contributed by atoms with E-state index in [0.29, 0.717) is 21.1 Å². The van der Waals surface area contributed by atoms with E-state index in [0.717, 1.165) is 5.69 Å². The molecule has 0 unspecified atom stereocenters. The normalized spacial score (nSPS) is 17.8. The Hall–Kier alpha value is -0.110. The zero-order valence-electron chi connectivity index (χ0n) is 9.61. The van der Waals surface area contributed by atoms with Crippen molar-refractivity contribution in [3.8, 4) is 0 Å². The van der Waals surface area contributed by atoms with E-state index in [4.69, 9.17) is 34.8 Å². The first-order valence-electron chi connectivity index (χ1n) is 6.08. The van der Waals surface area contributed by atoms with Crippen LogP contribution >= 0.6 is 34.8 Å². The molecule has 0 radical (unpaired) electrons. The lowest BCUT2D eigenvalue weighted by atomic mass is 10.1. The number of hydrogen-bond acceptors (Lipinski definition) is 1. The van der Waals surface area contributed by atoms with E-state index < -0.39 is 0 Å². The maximum absolute atomic E-state index is 6.16. The minimum Gasteiger partial charge on any atom is -0.381 e. The summed E-state index contributed by atoms with van der Waals surface area (Å²) in [5.41, 5.74) is 0.896. The highest BCUT2D eigenvalue weighted by atomic mass is 35.5. The molecule has 1 saturated carbocycles. The highest BCUT2D eigenvalue weighted by molar-refractivity contribution is 6.44. The number of nitrogens with one attached hydrogen (secondary N) is 1. The summed E-state index contributed by atoms with van der Waals surface area (Å²) < 4.78 is 0. The van der Waals surface area contributed by atoms with Crippen LogP contribution in [0.15, 0.2) is 12.1 Å². The molecule has 1 aromatic carbocycles. The van der Waals surface area contributed by atoms with Gasteiger partial charge in [-0.3, -0.25) is 0 Å². The Morgan fingerprint density at radius 2 is 1.41 bits per heavy atom. The van der Waals surface area contributed by atoms with E-state index in [1.54, 1.807) is 6.07 Å². The molecule has 1 nitrogen and oxygen atoms in total. The van der Waals surface area contributed by atoms with Gasteiger partial charge in [-0.2, -0.15) is 0 Å². The largest absolute Gasteiger partial charge is 0.381 e. The summed E-state index contributed by atoms with van der Waals surface area (Å²) in [6, 6.07) is 4.02. The number of anilines is 1. The Bertz CT molecular complexity index is 384. The third-order valence-corrected chi connectivity index (χ3v) is 4.26. The Morgan fingerprint density at radius 1 is 0.824 bits per heavy atom. The lowest BCUT2D eigenvalue weighted by Gasteiger charge is -2.19. The molecule has 2 rings (SSSR count). The topological polar surface area (TPSA) is 12.0 Å². The van der Waals surface area contributed by atoms with E-state index in [9.17, 15) is 0 Å². The van der Waals surface area contributed by atoms with E-state index in [1.807, 2.05) is 6.07 Å². The summed E-state index contributed by atoms with van der Waals surface area (Å²) in [6.07, 6.45) is 7.67. The first kappa shape index (κ1) is 13.3. The van der Waals surface area contributed by atoms with Gasteiger partial charge in [-0.15, -0.1) is 0 Å². The Morgan fingerprint density at radius 3 is 2.06 bits per heavy atom. The molecule has 1 aromatic rings. The fourth-order valence-electron chi connectivity index (χ4n) is 2.28. The second kappa shape index (κ2) is 6.17. The average Bonchev–Trinajstić information content (AvgIpc) is 2.54. The van der Waals surface area contributed by atoms with Gasteiger partial charge in [-0.05, 0) is 25.0 Å². The molecule has 0 aliphatic heterocycles. The second-order valence-corrected chi connectivity index (χ2v) is 5.80. The first-order chi connectivity index (χ1) is 8.16. The van der Waals surface area contributed by atoms with Gasteiger partial charge in [0.2, 0.25) is 0 Å². The monoisotopic (exact) mass is 291 g/mol. The van der Waals surface area contributed by atoms with Crippen molar-refractivity contribution in [1.82, 2.24) is 0 Å². The number of halogens is 3. The molecule has 0 aromatic heterocycles. The molecule has 0 heterocycles. The summed E-state index contributed by atoms with van der Waals surface area (Å²) in [4.78, 5) is 0. The molecule has 1 aliphatic carbocycles. The van der Waals surface area contributed by atoms with Crippen LogP contribution in [-0.4, -0.2) is 6.04 Å². The van der Waals surface area contributed by atoms with E-state index in [2.05, 4.69) is 5.32 Å². The Balaban J connectivity index is 2.09. The summed E-state index contributed by atoms with van der Waals surface area (Å²) in [6.45, 7) is 0. The van der Waals surface area contributed by atoms with Gasteiger partial charge < -0.3 is 5.32 Å². The highest BCUT2D eigenvalue weighted by Crippen LogP contribution is 2.33. The van der Waals surface area contributed by atoms with Crippen LogP contribution < -0.4 is 5.32 Å². The molecule has 1 fully saturated rings. The van der Waals surface area contributed by atoms with Gasteiger partial charge in [0.1, 0.15) is 0 Å². The second-order valence-electron chi connectivity index (χ2n) is 4.58. The predicted molar refractivity (Wildman–Crippen MR) is 76.6 cm³/mol. The van der Waals surface area contributed by atoms with Crippen LogP contribution in [-0.2, 0) is 0 Å². The summed E-state index contributed by atoms with van der Waals surface area (Å²) in [7, 11) is 0. The lowest BCUT2D eigenvalue weighted by molar-refractivity contribution is 0.620. The number of rotatable bonds is 2. The van der Waals surface area contributed by atoms with Crippen molar-refractivity contribution in [1.29, 1.82) is 0 Å². The van der Waals surface area contributed by atoms with Gasteiger partial charge in [0.05, 0.1) is 20.8 Å². The van der Waals surface area contributed by atoms with Gasteiger partial charge in [0, 0.05) is 6.04 Å². The van der Waals surface area contributed by atoms with E-state index >= 15 is 0 Å². The zero-order chi connectivity index (χ0) is 12.3. The van der Waals surface area contributed by atoms with Crippen LogP contribution in [0.3, 0.4) is 0 Å². The van der Waals surface area contributed by atoms with Gasteiger partial charge in [-0.1, -0.05) is 60.5 Å². The molecule has 0 atom stereocenters. The minimum atomic E-state index is 0.503. The number of hydrogen-bond donors (Lipinski definition) is 1. The van der Waals surface area contributed by atoms with Crippen molar-refractivity contribution in [2.45, 2.75) is 44.6 Å². The third kappa shape index (κ3) is 3.67. The quantitative estimate of drug-likeness (QED) is 0.538. The van der Waals surface area contributed by atoms with Crippen molar-refractivity contribution in [3.05, 3.63) is 27.2 Å². The van der Waals surface area contributed by atoms with Crippen LogP contribution in [0.4, 0.5) is 5.69 Å². The molecule has 1 N–H and O–H groups in total. The fourth-order valence-corrected chi connectivity index (χ4v) is 2.88. The molecule has 17 heavy (non-hydrogen) atoms. The molecular weight excluding hydrogens is 277 g/mol. The maximum Gasteiger partial charge on any atom is 0.0653 e. The van der Waals surface area contributed by atoms with Crippen LogP contribution in [0.1, 0.15) is 38.5 Å². The lowest BCUT2D eigenvalue weighted by Crippen LogP contribution is -2.18. The van der Waals surface area contributed by atoms with Gasteiger partial charge in [0.15, 0.2) is 0 Å². The highest BCUT2D eigenvalue weighted by Gasteiger charge is 2.14. The Kier molecular flexibility index (Phi) is 4.84. The van der Waals surface area contributed by atoms with Crippen molar-refractivity contribution < 1.29 is 0 Å². The smallest absolute Gasteiger partial charge is 0.0653 e. The average molecular weight is 293 g/mol. The van der Waals surface area contributed by atoms with Crippen molar-refractivity contribution in [2.24, 2.45) is 0 Å². The van der Waals surface area contributed by atoms with Crippen molar-refractivity contribution >= 4 is 40.5 Å².